The lowest BCUT2D eigenvalue weighted by Crippen LogP contribution is -2.28. The van der Waals surface area contributed by atoms with Gasteiger partial charge >= 0.3 is 0 Å². The number of anilines is 6. The quantitative estimate of drug-likeness (QED) is 0.109. The molecule has 554 valence electrons. The van der Waals surface area contributed by atoms with Crippen LogP contribution in [-0.4, -0.2) is 0 Å². The Bertz CT molecular complexity index is 7330. The third-order valence-electron chi connectivity index (χ3n) is 24.4. The summed E-state index contributed by atoms with van der Waals surface area (Å²) in [6.45, 7) is 0. The minimum Gasteiger partial charge on any atom is -0.456 e. The van der Waals surface area contributed by atoms with Gasteiger partial charge in [0.15, 0.2) is 0 Å². The molecule has 0 aliphatic heterocycles. The third kappa shape index (κ3) is 11.6. The second-order valence-electron chi connectivity index (χ2n) is 30.9. The number of benzene rings is 19. The summed E-state index contributed by atoms with van der Waals surface area (Å²) in [7, 11) is 0. The minimum atomic E-state index is -0.557. The third-order valence-corrected chi connectivity index (χ3v) is 24.4. The predicted octanol–water partition coefficient (Wildman–Crippen LogP) is 30.7. The first kappa shape index (κ1) is 69.4. The Morgan fingerprint density at radius 1 is 0.169 bits per heavy atom. The van der Waals surface area contributed by atoms with Crippen molar-refractivity contribution < 1.29 is 8.83 Å². The summed E-state index contributed by atoms with van der Waals surface area (Å²) < 4.78 is 13.9. The van der Waals surface area contributed by atoms with Crippen molar-refractivity contribution in [2.75, 3.05) is 9.80 Å². The number of nitrogens with zero attached hydrogens (tertiary/aromatic N) is 2. The number of furan rings is 2. The highest BCUT2D eigenvalue weighted by Gasteiger charge is 2.49. The van der Waals surface area contributed by atoms with Gasteiger partial charge in [0.2, 0.25) is 0 Å². The Kier molecular flexibility index (Phi) is 17.0. The molecule has 0 saturated heterocycles. The minimum absolute atomic E-state index is 0.523. The standard InChI is InChI=1S/C59H39NO.C55H37NO/c1-4-16-40(17-5-1)41-20-14-21-42(34-41)43-22-15-27-49(35-43)60(48-25-8-3-9-26-48)50-31-32-52-54-38-47(30-33-57(54)61-58(52)39-50)59(46-23-6-2-7-24-46)55-29-13-12-28-51(55)53-36-44-18-10-11-19-45(44)37-56(53)59;1-4-17-38(18-5-1)39-19-14-20-40(35-39)41-21-15-26-44(36-41)56(43-24-8-3-9-25-43)45-33-34-48-49-29-16-32-52(54(49)57-53(48)37-45)55(42-22-6-2-7-23-42)50-30-12-10-27-46(50)47-28-11-13-31-51(47)55/h1-39H;1-37H. The molecule has 2 aliphatic carbocycles. The molecule has 0 radical (unpaired) electrons. The zero-order chi connectivity index (χ0) is 78.1. The molecular weight excluding hydrogens is 1430 g/mol. The van der Waals surface area contributed by atoms with E-state index in [9.17, 15) is 0 Å². The Hall–Kier alpha value is -15.4. The van der Waals surface area contributed by atoms with Gasteiger partial charge < -0.3 is 18.6 Å². The molecule has 1 unspecified atom stereocenters. The van der Waals surface area contributed by atoms with Gasteiger partial charge in [-0.1, -0.05) is 340 Å². The summed E-state index contributed by atoms with van der Waals surface area (Å²) in [4.78, 5) is 4.65. The highest BCUT2D eigenvalue weighted by atomic mass is 16.3. The van der Waals surface area contributed by atoms with Crippen molar-refractivity contribution in [3.8, 4) is 66.8 Å². The second kappa shape index (κ2) is 28.9. The van der Waals surface area contributed by atoms with Gasteiger partial charge in [-0.15, -0.1) is 0 Å². The molecule has 0 amide bonds. The van der Waals surface area contributed by atoms with Crippen LogP contribution in [-0.2, 0) is 10.8 Å². The van der Waals surface area contributed by atoms with E-state index in [1.807, 2.05) is 0 Å². The van der Waals surface area contributed by atoms with Crippen molar-refractivity contribution in [3.63, 3.8) is 0 Å². The molecule has 2 heterocycles. The van der Waals surface area contributed by atoms with E-state index in [0.29, 0.717) is 0 Å². The van der Waals surface area contributed by atoms with E-state index in [1.54, 1.807) is 0 Å². The molecule has 1 atom stereocenters. The van der Waals surface area contributed by atoms with Gasteiger partial charge in [0.25, 0.3) is 0 Å². The summed E-state index contributed by atoms with van der Waals surface area (Å²) in [5.74, 6) is 0. The van der Waals surface area contributed by atoms with E-state index in [2.05, 4.69) is 471 Å². The molecule has 2 aromatic heterocycles. The largest absolute Gasteiger partial charge is 0.456 e. The van der Waals surface area contributed by atoms with Crippen LogP contribution in [0.1, 0.15) is 44.5 Å². The van der Waals surface area contributed by atoms with Crippen LogP contribution in [0.5, 0.6) is 0 Å². The Morgan fingerprint density at radius 3 is 1.06 bits per heavy atom. The van der Waals surface area contributed by atoms with Crippen LogP contribution in [0.25, 0.3) is 121 Å². The number of hydrogen-bond acceptors (Lipinski definition) is 4. The SMILES string of the molecule is c1ccc(-c2cccc(-c3cccc(N(c4ccccc4)c4ccc5c(c4)oc4c(C6(c7ccccc7)c7ccccc7-c7ccccc76)cccc45)c3)c2)cc1.c1ccc(-c2cccc(-c3cccc(N(c4ccccc4)c4ccc5c(c4)oc4ccc(C6(c7ccccc7)c7ccccc7-c7cc8ccccc8cc76)cc45)c3)c2)cc1. The van der Waals surface area contributed by atoms with Gasteiger partial charge in [0, 0.05) is 73.4 Å². The van der Waals surface area contributed by atoms with Gasteiger partial charge in [0.1, 0.15) is 22.3 Å². The van der Waals surface area contributed by atoms with Crippen molar-refractivity contribution in [3.05, 3.63) is 506 Å². The average Bonchev–Trinajstić information content (AvgIpc) is 1.53. The number of hydrogen-bond donors (Lipinski definition) is 0. The van der Waals surface area contributed by atoms with Crippen LogP contribution >= 0.6 is 0 Å². The smallest absolute Gasteiger partial charge is 0.140 e. The zero-order valence-corrected chi connectivity index (χ0v) is 64.6. The van der Waals surface area contributed by atoms with Gasteiger partial charge in [-0.05, 0) is 226 Å². The summed E-state index contributed by atoms with van der Waals surface area (Å²) >= 11 is 0. The molecular formula is C114H76N2O2. The molecule has 0 bridgehead atoms. The maximum Gasteiger partial charge on any atom is 0.140 e. The molecule has 0 fully saturated rings. The number of para-hydroxylation sites is 3. The monoisotopic (exact) mass is 1500 g/mol. The summed E-state index contributed by atoms with van der Waals surface area (Å²) in [6.07, 6.45) is 0. The Morgan fingerprint density at radius 2 is 0.534 bits per heavy atom. The molecule has 23 rings (SSSR count). The van der Waals surface area contributed by atoms with Crippen LogP contribution in [0.3, 0.4) is 0 Å². The molecule has 19 aromatic carbocycles. The summed E-state index contributed by atoms with van der Waals surface area (Å²) in [5.41, 5.74) is 33.3. The lowest BCUT2D eigenvalue weighted by atomic mass is 9.67. The highest BCUT2D eigenvalue weighted by Crippen LogP contribution is 2.60. The van der Waals surface area contributed by atoms with E-state index in [0.717, 1.165) is 94.7 Å². The molecule has 0 spiro atoms. The topological polar surface area (TPSA) is 32.8 Å². The Balaban J connectivity index is 0.000000143. The van der Waals surface area contributed by atoms with Crippen LogP contribution in [0.2, 0.25) is 0 Å². The van der Waals surface area contributed by atoms with Gasteiger partial charge in [-0.25, -0.2) is 0 Å². The molecule has 4 heteroatoms. The molecule has 4 nitrogen and oxygen atoms in total. The van der Waals surface area contributed by atoms with Gasteiger partial charge in [-0.2, -0.15) is 0 Å². The van der Waals surface area contributed by atoms with Crippen molar-refractivity contribution >= 4 is 88.8 Å². The van der Waals surface area contributed by atoms with Crippen LogP contribution in [0, 0.1) is 0 Å². The molecule has 2 aliphatic rings. The fraction of sp³-hybridized carbons (Fsp3) is 0.0175. The summed E-state index contributed by atoms with van der Waals surface area (Å²) in [5, 5.41) is 6.89. The van der Waals surface area contributed by atoms with Crippen molar-refractivity contribution in [1.82, 2.24) is 0 Å². The zero-order valence-electron chi connectivity index (χ0n) is 64.6. The van der Waals surface area contributed by atoms with E-state index in [4.69, 9.17) is 8.83 Å². The van der Waals surface area contributed by atoms with E-state index in [-0.39, 0.29) is 0 Å². The van der Waals surface area contributed by atoms with E-state index in [1.165, 1.54) is 105 Å². The van der Waals surface area contributed by atoms with Crippen molar-refractivity contribution in [1.29, 1.82) is 0 Å². The molecule has 118 heavy (non-hydrogen) atoms. The fourth-order valence-electron chi connectivity index (χ4n) is 19.2. The van der Waals surface area contributed by atoms with Gasteiger partial charge in [0.05, 0.1) is 10.8 Å². The van der Waals surface area contributed by atoms with Crippen molar-refractivity contribution in [2.24, 2.45) is 0 Å². The predicted molar refractivity (Wildman–Crippen MR) is 491 cm³/mol. The number of fused-ring (bicyclic) bond motifs is 13. The highest BCUT2D eigenvalue weighted by molar-refractivity contribution is 6.10. The van der Waals surface area contributed by atoms with Crippen LogP contribution in [0.15, 0.2) is 470 Å². The maximum absolute atomic E-state index is 7.16. The molecule has 0 saturated carbocycles. The van der Waals surface area contributed by atoms with Crippen LogP contribution in [0.4, 0.5) is 34.1 Å². The second-order valence-corrected chi connectivity index (χ2v) is 30.9. The number of rotatable bonds is 14. The lowest BCUT2D eigenvalue weighted by Gasteiger charge is -2.34. The first-order valence-electron chi connectivity index (χ1n) is 40.6. The van der Waals surface area contributed by atoms with Crippen molar-refractivity contribution in [2.45, 2.75) is 10.8 Å². The van der Waals surface area contributed by atoms with Crippen LogP contribution < -0.4 is 9.80 Å². The normalized spacial score (nSPS) is 13.5. The first-order chi connectivity index (χ1) is 58.5. The lowest BCUT2D eigenvalue weighted by molar-refractivity contribution is 0.648. The maximum atomic E-state index is 7.16. The molecule has 21 aromatic rings. The van der Waals surface area contributed by atoms with E-state index >= 15 is 0 Å². The first-order valence-corrected chi connectivity index (χ1v) is 40.6. The van der Waals surface area contributed by atoms with Gasteiger partial charge in [-0.3, -0.25) is 0 Å². The van der Waals surface area contributed by atoms with E-state index < -0.39 is 10.8 Å². The molecule has 0 N–H and O–H groups in total. The fourth-order valence-corrected chi connectivity index (χ4v) is 19.2. The Labute approximate surface area is 686 Å². The summed E-state index contributed by atoms with van der Waals surface area (Å²) in [6, 6.07) is 167. The average molecular weight is 1510 g/mol.